The minimum absolute atomic E-state index is 0.0899. The second-order valence-electron chi connectivity index (χ2n) is 5.02. The quantitative estimate of drug-likeness (QED) is 0.795. The fourth-order valence-corrected chi connectivity index (χ4v) is 2.72. The Bertz CT molecular complexity index is 500. The molecule has 1 aromatic rings. The van der Waals surface area contributed by atoms with Gasteiger partial charge in [0.1, 0.15) is 5.82 Å². The Morgan fingerprint density at radius 1 is 1.20 bits per heavy atom. The first kappa shape index (κ1) is 16.9. The maximum Gasteiger partial charge on any atom is 0.154 e. The molecule has 0 saturated carbocycles. The van der Waals surface area contributed by atoms with Crippen molar-refractivity contribution < 1.29 is 12.8 Å². The van der Waals surface area contributed by atoms with Crippen LogP contribution >= 0.6 is 0 Å². The van der Waals surface area contributed by atoms with E-state index in [1.54, 1.807) is 26.0 Å². The second kappa shape index (κ2) is 7.59. The fraction of sp³-hybridized carbons (Fsp3) is 0.571. The van der Waals surface area contributed by atoms with Gasteiger partial charge in [-0.2, -0.15) is 0 Å². The van der Waals surface area contributed by atoms with Crippen LogP contribution in [0, 0.1) is 5.82 Å². The van der Waals surface area contributed by atoms with E-state index in [1.165, 1.54) is 12.1 Å². The molecule has 0 bridgehead atoms. The van der Waals surface area contributed by atoms with Gasteiger partial charge >= 0.3 is 0 Å². The lowest BCUT2D eigenvalue weighted by molar-refractivity contribution is 0.585. The highest BCUT2D eigenvalue weighted by molar-refractivity contribution is 7.92. The Morgan fingerprint density at radius 2 is 1.80 bits per heavy atom. The molecule has 1 rings (SSSR count). The van der Waals surface area contributed by atoms with Crippen molar-refractivity contribution in [3.63, 3.8) is 0 Å². The summed E-state index contributed by atoms with van der Waals surface area (Å²) in [6.45, 7) is 4.95. The van der Waals surface area contributed by atoms with E-state index in [0.717, 1.165) is 12.1 Å². The zero-order valence-corrected chi connectivity index (χ0v) is 12.9. The highest BCUT2D eigenvalue weighted by Crippen LogP contribution is 2.15. The van der Waals surface area contributed by atoms with Gasteiger partial charge in [0.05, 0.1) is 11.0 Å². The first-order chi connectivity index (χ1) is 9.36. The highest BCUT2D eigenvalue weighted by Gasteiger charge is 2.18. The Hall–Kier alpha value is -1.14. The predicted octanol–water partition coefficient (Wildman–Crippen LogP) is 1.80. The van der Waals surface area contributed by atoms with Crippen LogP contribution in [0.2, 0.25) is 0 Å². The number of sulfone groups is 1. The summed E-state index contributed by atoms with van der Waals surface area (Å²) in [5.41, 5.74) is 6.32. The number of hydrogen-bond acceptors (Lipinski definition) is 4. The SMILES string of the molecule is CC(C)S(=O)(=O)CCN(CCCN)c1ccc(F)cc1. The van der Waals surface area contributed by atoms with Gasteiger partial charge < -0.3 is 10.6 Å². The van der Waals surface area contributed by atoms with E-state index in [2.05, 4.69) is 0 Å². The third-order valence-corrected chi connectivity index (χ3v) is 5.38. The van der Waals surface area contributed by atoms with Gasteiger partial charge in [0, 0.05) is 18.8 Å². The predicted molar refractivity (Wildman–Crippen MR) is 81.2 cm³/mol. The summed E-state index contributed by atoms with van der Waals surface area (Å²) >= 11 is 0. The Morgan fingerprint density at radius 3 is 2.30 bits per heavy atom. The van der Waals surface area contributed by atoms with Crippen molar-refractivity contribution in [1.82, 2.24) is 0 Å². The van der Waals surface area contributed by atoms with Crippen LogP contribution in [0.5, 0.6) is 0 Å². The van der Waals surface area contributed by atoms with Crippen LogP contribution in [-0.2, 0) is 9.84 Å². The standard InChI is InChI=1S/C14H23FN2O2S/c1-12(2)20(18,19)11-10-17(9-3-8-16)14-6-4-13(15)5-7-14/h4-7,12H,3,8-11,16H2,1-2H3. The summed E-state index contributed by atoms with van der Waals surface area (Å²) < 4.78 is 36.7. The number of benzene rings is 1. The summed E-state index contributed by atoms with van der Waals surface area (Å²) in [7, 11) is -3.08. The molecule has 114 valence electrons. The fourth-order valence-electron chi connectivity index (χ4n) is 1.78. The van der Waals surface area contributed by atoms with Crippen molar-refractivity contribution in [3.8, 4) is 0 Å². The third-order valence-electron chi connectivity index (χ3n) is 3.19. The van der Waals surface area contributed by atoms with Gasteiger partial charge in [-0.3, -0.25) is 0 Å². The number of halogens is 1. The molecule has 4 nitrogen and oxygen atoms in total. The smallest absolute Gasteiger partial charge is 0.154 e. The Kier molecular flexibility index (Phi) is 6.42. The molecule has 0 aromatic heterocycles. The maximum atomic E-state index is 12.9. The molecule has 20 heavy (non-hydrogen) atoms. The minimum Gasteiger partial charge on any atom is -0.370 e. The van der Waals surface area contributed by atoms with Crippen molar-refractivity contribution in [2.75, 3.05) is 30.3 Å². The normalized spacial score (nSPS) is 11.8. The molecular formula is C14H23FN2O2S. The molecule has 0 aliphatic carbocycles. The zero-order valence-electron chi connectivity index (χ0n) is 12.0. The lowest BCUT2D eigenvalue weighted by Crippen LogP contribution is -2.33. The zero-order chi connectivity index (χ0) is 15.2. The van der Waals surface area contributed by atoms with E-state index in [1.807, 2.05) is 4.90 Å². The van der Waals surface area contributed by atoms with E-state index >= 15 is 0 Å². The second-order valence-corrected chi connectivity index (χ2v) is 7.70. The molecular weight excluding hydrogens is 279 g/mol. The number of anilines is 1. The number of nitrogens with zero attached hydrogens (tertiary/aromatic N) is 1. The lowest BCUT2D eigenvalue weighted by atomic mass is 10.2. The highest BCUT2D eigenvalue weighted by atomic mass is 32.2. The molecule has 0 fully saturated rings. The van der Waals surface area contributed by atoms with Crippen molar-refractivity contribution in [1.29, 1.82) is 0 Å². The molecule has 0 atom stereocenters. The van der Waals surface area contributed by atoms with Crippen molar-refractivity contribution in [2.45, 2.75) is 25.5 Å². The average Bonchev–Trinajstić information content (AvgIpc) is 2.40. The molecule has 0 aliphatic rings. The van der Waals surface area contributed by atoms with E-state index in [9.17, 15) is 12.8 Å². The van der Waals surface area contributed by atoms with Crippen LogP contribution in [0.4, 0.5) is 10.1 Å². The molecule has 0 radical (unpaired) electrons. The summed E-state index contributed by atoms with van der Waals surface area (Å²) in [6.07, 6.45) is 0.763. The van der Waals surface area contributed by atoms with Gasteiger partial charge in [0.25, 0.3) is 0 Å². The van der Waals surface area contributed by atoms with Crippen LogP contribution in [0.3, 0.4) is 0 Å². The van der Waals surface area contributed by atoms with Gasteiger partial charge in [0.2, 0.25) is 0 Å². The molecule has 0 amide bonds. The van der Waals surface area contributed by atoms with Crippen LogP contribution in [0.15, 0.2) is 24.3 Å². The number of nitrogens with two attached hydrogens (primary N) is 1. The van der Waals surface area contributed by atoms with Gasteiger partial charge in [-0.05, 0) is 51.1 Å². The Labute approximate surface area is 120 Å². The molecule has 0 heterocycles. The van der Waals surface area contributed by atoms with Crippen LogP contribution in [0.1, 0.15) is 20.3 Å². The first-order valence-corrected chi connectivity index (χ1v) is 8.50. The molecule has 0 unspecified atom stereocenters. The van der Waals surface area contributed by atoms with Crippen molar-refractivity contribution in [2.24, 2.45) is 5.73 Å². The largest absolute Gasteiger partial charge is 0.370 e. The summed E-state index contributed by atoms with van der Waals surface area (Å²) in [5.74, 6) is -0.214. The monoisotopic (exact) mass is 302 g/mol. The summed E-state index contributed by atoms with van der Waals surface area (Å²) in [5, 5.41) is -0.382. The van der Waals surface area contributed by atoms with Gasteiger partial charge in [-0.25, -0.2) is 12.8 Å². The minimum atomic E-state index is -3.08. The van der Waals surface area contributed by atoms with E-state index < -0.39 is 9.84 Å². The van der Waals surface area contributed by atoms with Gasteiger partial charge in [-0.1, -0.05) is 0 Å². The molecule has 1 aromatic carbocycles. The maximum absolute atomic E-state index is 12.9. The van der Waals surface area contributed by atoms with E-state index in [0.29, 0.717) is 19.6 Å². The van der Waals surface area contributed by atoms with Gasteiger partial charge in [-0.15, -0.1) is 0 Å². The molecule has 2 N–H and O–H groups in total. The number of rotatable bonds is 8. The van der Waals surface area contributed by atoms with Crippen LogP contribution < -0.4 is 10.6 Å². The topological polar surface area (TPSA) is 63.4 Å². The first-order valence-electron chi connectivity index (χ1n) is 6.79. The molecule has 6 heteroatoms. The Balaban J connectivity index is 2.77. The average molecular weight is 302 g/mol. The van der Waals surface area contributed by atoms with Crippen LogP contribution in [0.25, 0.3) is 0 Å². The molecule has 0 aliphatic heterocycles. The van der Waals surface area contributed by atoms with E-state index in [-0.39, 0.29) is 16.8 Å². The molecule has 0 spiro atoms. The van der Waals surface area contributed by atoms with Crippen molar-refractivity contribution in [3.05, 3.63) is 30.1 Å². The van der Waals surface area contributed by atoms with E-state index in [4.69, 9.17) is 5.73 Å². The lowest BCUT2D eigenvalue weighted by Gasteiger charge is -2.25. The summed E-state index contributed by atoms with van der Waals surface area (Å²) in [4.78, 5) is 1.94. The number of hydrogen-bond donors (Lipinski definition) is 1. The molecule has 0 saturated heterocycles. The van der Waals surface area contributed by atoms with Crippen molar-refractivity contribution >= 4 is 15.5 Å². The summed E-state index contributed by atoms with van der Waals surface area (Å²) in [6, 6.07) is 6.07. The third kappa shape index (κ3) is 5.09. The van der Waals surface area contributed by atoms with Gasteiger partial charge in [0.15, 0.2) is 9.84 Å². The van der Waals surface area contributed by atoms with Crippen LogP contribution in [-0.4, -0.2) is 39.1 Å².